The molecule has 0 saturated heterocycles. The quantitative estimate of drug-likeness (QED) is 0.801. The Morgan fingerprint density at radius 2 is 2.10 bits per heavy atom. The second-order valence-corrected chi connectivity index (χ2v) is 6.75. The van der Waals surface area contributed by atoms with Crippen LogP contribution in [0.3, 0.4) is 0 Å². The van der Waals surface area contributed by atoms with E-state index in [0.717, 1.165) is 0 Å². The zero-order valence-corrected chi connectivity index (χ0v) is 11.8. The van der Waals surface area contributed by atoms with Gasteiger partial charge in [0, 0.05) is 12.4 Å². The summed E-state index contributed by atoms with van der Waals surface area (Å²) < 4.78 is 28.4. The fourth-order valence-corrected chi connectivity index (χ4v) is 3.64. The average molecular weight is 306 g/mol. The molecule has 1 N–H and O–H groups in total. The molecule has 0 aliphatic rings. The Labute approximate surface area is 119 Å². The normalized spacial score (nSPS) is 11.4. The molecular weight excluding hydrogens is 296 g/mol. The van der Waals surface area contributed by atoms with E-state index in [9.17, 15) is 8.42 Å². The number of nitrogens with one attached hydrogen (secondary N) is 1. The number of pyridine rings is 1. The monoisotopic (exact) mass is 306 g/mol. The van der Waals surface area contributed by atoms with Crippen LogP contribution in [-0.4, -0.2) is 23.2 Å². The first-order chi connectivity index (χ1) is 9.65. The largest absolute Gasteiger partial charge is 0.277 e. The Morgan fingerprint density at radius 3 is 2.70 bits per heavy atom. The van der Waals surface area contributed by atoms with Gasteiger partial charge >= 0.3 is 0 Å². The zero-order chi connectivity index (χ0) is 14.0. The molecule has 0 aliphatic heterocycles. The molecule has 6 nitrogen and oxygen atoms in total. The lowest BCUT2D eigenvalue weighted by Gasteiger charge is -2.06. The van der Waals surface area contributed by atoms with E-state index in [4.69, 9.17) is 0 Å². The first-order valence-corrected chi connectivity index (χ1v) is 8.04. The van der Waals surface area contributed by atoms with Crippen LogP contribution in [0.25, 0.3) is 5.82 Å². The summed E-state index contributed by atoms with van der Waals surface area (Å²) in [4.78, 5) is 4.16. The number of nitrogens with zero attached hydrogens (tertiary/aromatic N) is 3. The van der Waals surface area contributed by atoms with Crippen molar-refractivity contribution >= 4 is 27.0 Å². The third-order valence-corrected chi connectivity index (χ3v) is 5.28. The Kier molecular flexibility index (Phi) is 3.25. The predicted octanol–water partition coefficient (Wildman–Crippen LogP) is 2.13. The molecule has 3 heterocycles. The Balaban J connectivity index is 1.83. The van der Waals surface area contributed by atoms with Gasteiger partial charge in [-0.15, -0.1) is 11.3 Å². The minimum absolute atomic E-state index is 0.272. The second kappa shape index (κ2) is 5.06. The SMILES string of the molecule is O=S(=O)(Nc1ccc(-n2cccn2)nc1)c1cccs1. The van der Waals surface area contributed by atoms with Crippen LogP contribution in [-0.2, 0) is 10.0 Å². The minimum atomic E-state index is -3.53. The lowest BCUT2D eigenvalue weighted by Crippen LogP contribution is -2.11. The van der Waals surface area contributed by atoms with Crippen LogP contribution >= 0.6 is 11.3 Å². The Bertz CT molecular complexity index is 779. The minimum Gasteiger partial charge on any atom is -0.277 e. The van der Waals surface area contributed by atoms with Gasteiger partial charge in [0.15, 0.2) is 5.82 Å². The fraction of sp³-hybridized carbons (Fsp3) is 0. The van der Waals surface area contributed by atoms with E-state index in [1.807, 2.05) is 0 Å². The number of sulfonamides is 1. The van der Waals surface area contributed by atoms with Crippen molar-refractivity contribution in [3.8, 4) is 5.82 Å². The fourth-order valence-electron chi connectivity index (χ4n) is 1.61. The van der Waals surface area contributed by atoms with E-state index in [2.05, 4.69) is 14.8 Å². The molecule has 20 heavy (non-hydrogen) atoms. The number of rotatable bonds is 4. The number of thiophene rings is 1. The molecule has 3 aromatic rings. The molecule has 102 valence electrons. The molecular formula is C12H10N4O2S2. The molecule has 0 unspecified atom stereocenters. The summed E-state index contributed by atoms with van der Waals surface area (Å²) in [6, 6.07) is 8.38. The van der Waals surface area contributed by atoms with Gasteiger partial charge in [-0.3, -0.25) is 4.72 Å². The maximum Gasteiger partial charge on any atom is 0.271 e. The molecule has 3 rings (SSSR count). The highest BCUT2D eigenvalue weighted by Gasteiger charge is 2.15. The summed E-state index contributed by atoms with van der Waals surface area (Å²) in [5.74, 6) is 0.620. The van der Waals surface area contributed by atoms with Gasteiger partial charge in [-0.25, -0.2) is 18.1 Å². The van der Waals surface area contributed by atoms with Crippen LogP contribution in [0.2, 0.25) is 0 Å². The summed E-state index contributed by atoms with van der Waals surface area (Å²) in [6.45, 7) is 0. The number of hydrogen-bond acceptors (Lipinski definition) is 5. The molecule has 0 amide bonds. The second-order valence-electron chi connectivity index (χ2n) is 3.89. The molecule has 0 radical (unpaired) electrons. The average Bonchev–Trinajstić information content (AvgIpc) is 3.13. The van der Waals surface area contributed by atoms with Crippen LogP contribution < -0.4 is 4.72 Å². The zero-order valence-electron chi connectivity index (χ0n) is 10.2. The lowest BCUT2D eigenvalue weighted by molar-refractivity contribution is 0.603. The maximum absolute atomic E-state index is 12.0. The lowest BCUT2D eigenvalue weighted by atomic mass is 10.4. The summed E-state index contributed by atoms with van der Waals surface area (Å²) in [5.41, 5.74) is 0.411. The third-order valence-electron chi connectivity index (χ3n) is 2.50. The van der Waals surface area contributed by atoms with Gasteiger partial charge in [-0.05, 0) is 29.6 Å². The van der Waals surface area contributed by atoms with E-state index < -0.39 is 10.0 Å². The number of hydrogen-bond donors (Lipinski definition) is 1. The van der Waals surface area contributed by atoms with Crippen LogP contribution in [0.15, 0.2) is 58.5 Å². The molecule has 0 saturated carbocycles. The highest BCUT2D eigenvalue weighted by molar-refractivity contribution is 7.94. The van der Waals surface area contributed by atoms with Crippen molar-refractivity contribution in [2.24, 2.45) is 0 Å². The standard InChI is InChI=1S/C12H10N4O2S2/c17-20(18,12-3-1-8-19-12)15-10-4-5-11(13-9-10)16-7-2-6-14-16/h1-9,15H. The van der Waals surface area contributed by atoms with E-state index in [1.165, 1.54) is 17.5 Å². The molecule has 0 aromatic carbocycles. The van der Waals surface area contributed by atoms with Crippen molar-refractivity contribution in [1.29, 1.82) is 0 Å². The number of anilines is 1. The summed E-state index contributed by atoms with van der Waals surface area (Å²) >= 11 is 1.17. The molecule has 8 heteroatoms. The Morgan fingerprint density at radius 1 is 1.20 bits per heavy atom. The van der Waals surface area contributed by atoms with Gasteiger partial charge in [0.1, 0.15) is 4.21 Å². The molecule has 0 bridgehead atoms. The topological polar surface area (TPSA) is 76.9 Å². The van der Waals surface area contributed by atoms with Crippen LogP contribution in [0, 0.1) is 0 Å². The molecule has 0 aliphatic carbocycles. The smallest absolute Gasteiger partial charge is 0.271 e. The van der Waals surface area contributed by atoms with Gasteiger partial charge < -0.3 is 0 Å². The summed E-state index contributed by atoms with van der Waals surface area (Å²) in [7, 11) is -3.53. The van der Waals surface area contributed by atoms with Crippen LogP contribution in [0.4, 0.5) is 5.69 Å². The van der Waals surface area contributed by atoms with Gasteiger partial charge in [0.05, 0.1) is 11.9 Å². The molecule has 0 spiro atoms. The van der Waals surface area contributed by atoms with Crippen LogP contribution in [0.5, 0.6) is 0 Å². The van der Waals surface area contributed by atoms with Crippen molar-refractivity contribution in [3.05, 3.63) is 54.3 Å². The summed E-state index contributed by atoms with van der Waals surface area (Å²) in [6.07, 6.45) is 4.87. The van der Waals surface area contributed by atoms with Crippen molar-refractivity contribution in [2.75, 3.05) is 4.72 Å². The van der Waals surface area contributed by atoms with Crippen LogP contribution in [0.1, 0.15) is 0 Å². The molecule has 3 aromatic heterocycles. The van der Waals surface area contributed by atoms with E-state index in [1.54, 1.807) is 52.8 Å². The van der Waals surface area contributed by atoms with Gasteiger partial charge in [0.25, 0.3) is 10.0 Å². The van der Waals surface area contributed by atoms with Crippen molar-refractivity contribution in [2.45, 2.75) is 4.21 Å². The van der Waals surface area contributed by atoms with Crippen molar-refractivity contribution < 1.29 is 8.42 Å². The first kappa shape index (κ1) is 12.8. The van der Waals surface area contributed by atoms with Gasteiger partial charge in [-0.1, -0.05) is 6.07 Å². The summed E-state index contributed by atoms with van der Waals surface area (Å²) in [5, 5.41) is 5.76. The molecule has 0 atom stereocenters. The highest BCUT2D eigenvalue weighted by atomic mass is 32.2. The first-order valence-electron chi connectivity index (χ1n) is 5.67. The predicted molar refractivity (Wildman–Crippen MR) is 76.5 cm³/mol. The van der Waals surface area contributed by atoms with E-state index >= 15 is 0 Å². The highest BCUT2D eigenvalue weighted by Crippen LogP contribution is 2.20. The van der Waals surface area contributed by atoms with Crippen molar-refractivity contribution in [1.82, 2.24) is 14.8 Å². The van der Waals surface area contributed by atoms with E-state index in [-0.39, 0.29) is 4.21 Å². The van der Waals surface area contributed by atoms with E-state index in [0.29, 0.717) is 11.5 Å². The molecule has 0 fully saturated rings. The Hall–Kier alpha value is -2.19. The third kappa shape index (κ3) is 2.56. The van der Waals surface area contributed by atoms with Gasteiger partial charge in [-0.2, -0.15) is 5.10 Å². The number of aromatic nitrogens is 3. The van der Waals surface area contributed by atoms with Gasteiger partial charge in [0.2, 0.25) is 0 Å². The maximum atomic E-state index is 12.0. The van der Waals surface area contributed by atoms with Crippen molar-refractivity contribution in [3.63, 3.8) is 0 Å².